The molecule has 2 aromatic carbocycles. The van der Waals surface area contributed by atoms with E-state index in [1.165, 1.54) is 13.2 Å². The van der Waals surface area contributed by atoms with Crippen LogP contribution in [0.4, 0.5) is 20.2 Å². The van der Waals surface area contributed by atoms with Crippen LogP contribution in [0.1, 0.15) is 12.0 Å². The van der Waals surface area contributed by atoms with Crippen LogP contribution in [0.5, 0.6) is 5.75 Å². The Kier molecular flexibility index (Phi) is 5.51. The van der Waals surface area contributed by atoms with Gasteiger partial charge in [0.25, 0.3) is 0 Å². The van der Waals surface area contributed by atoms with Crippen molar-refractivity contribution in [3.05, 3.63) is 53.6 Å². The summed E-state index contributed by atoms with van der Waals surface area (Å²) in [4.78, 5) is 12.0. The Morgan fingerprint density at radius 2 is 1.91 bits per heavy atom. The fourth-order valence-corrected chi connectivity index (χ4v) is 2.06. The number of amides is 1. The molecule has 0 saturated carbocycles. The second kappa shape index (κ2) is 7.58. The molecular formula is C17H18F2N2O2. The minimum absolute atomic E-state index is 0.177. The number of methoxy groups -OCH3 is 1. The zero-order chi connectivity index (χ0) is 16.8. The molecule has 0 aliphatic rings. The molecule has 0 aromatic heterocycles. The Hall–Kier alpha value is -2.63. The van der Waals surface area contributed by atoms with Gasteiger partial charge < -0.3 is 15.4 Å². The maximum absolute atomic E-state index is 13.1. The van der Waals surface area contributed by atoms with Crippen molar-refractivity contribution < 1.29 is 18.3 Å². The van der Waals surface area contributed by atoms with E-state index >= 15 is 0 Å². The van der Waals surface area contributed by atoms with Gasteiger partial charge in [-0.2, -0.15) is 0 Å². The quantitative estimate of drug-likeness (QED) is 0.853. The van der Waals surface area contributed by atoms with Crippen LogP contribution in [-0.2, 0) is 4.79 Å². The van der Waals surface area contributed by atoms with Gasteiger partial charge in [-0.05, 0) is 42.8 Å². The molecule has 0 fully saturated rings. The Morgan fingerprint density at radius 1 is 1.13 bits per heavy atom. The Bertz CT molecular complexity index is 705. The minimum atomic E-state index is -0.927. The number of ether oxygens (including phenoxy) is 1. The summed E-state index contributed by atoms with van der Waals surface area (Å²) < 4.78 is 31.1. The van der Waals surface area contributed by atoms with Crippen molar-refractivity contribution in [2.45, 2.75) is 13.3 Å². The smallest absolute Gasteiger partial charge is 0.226 e. The first-order chi connectivity index (χ1) is 11.0. The number of hydrogen-bond acceptors (Lipinski definition) is 3. The third-order valence-corrected chi connectivity index (χ3v) is 3.23. The zero-order valence-electron chi connectivity index (χ0n) is 13.0. The fraction of sp³-hybridized carbons (Fsp3) is 0.235. The van der Waals surface area contributed by atoms with E-state index in [0.29, 0.717) is 23.7 Å². The average Bonchev–Trinajstić information content (AvgIpc) is 2.51. The summed E-state index contributed by atoms with van der Waals surface area (Å²) in [7, 11) is 1.53. The highest BCUT2D eigenvalue weighted by Gasteiger charge is 2.08. The van der Waals surface area contributed by atoms with Crippen molar-refractivity contribution in [1.29, 1.82) is 0 Å². The van der Waals surface area contributed by atoms with Gasteiger partial charge in [0.15, 0.2) is 11.6 Å². The second-order valence-electron chi connectivity index (χ2n) is 5.06. The van der Waals surface area contributed by atoms with Gasteiger partial charge in [0.1, 0.15) is 5.75 Å². The van der Waals surface area contributed by atoms with Gasteiger partial charge in [-0.3, -0.25) is 4.79 Å². The maximum Gasteiger partial charge on any atom is 0.226 e. The summed E-state index contributed by atoms with van der Waals surface area (Å²) in [6, 6.07) is 9.00. The summed E-state index contributed by atoms with van der Waals surface area (Å²) in [6.45, 7) is 2.21. The molecule has 0 atom stereocenters. The second-order valence-corrected chi connectivity index (χ2v) is 5.06. The standard InChI is InChI=1S/C17H18F2N2O2/c1-11-3-6-16(23-2)15(9-11)21-17(22)7-8-20-12-4-5-13(18)14(19)10-12/h3-6,9-10,20H,7-8H2,1-2H3,(H,21,22). The molecule has 0 bridgehead atoms. The average molecular weight is 320 g/mol. The molecule has 2 N–H and O–H groups in total. The van der Waals surface area contributed by atoms with Gasteiger partial charge in [0.05, 0.1) is 12.8 Å². The van der Waals surface area contributed by atoms with Gasteiger partial charge in [-0.1, -0.05) is 6.07 Å². The lowest BCUT2D eigenvalue weighted by molar-refractivity contribution is -0.116. The molecule has 2 rings (SSSR count). The van der Waals surface area contributed by atoms with Crippen molar-refractivity contribution in [2.75, 3.05) is 24.3 Å². The normalized spacial score (nSPS) is 10.3. The molecule has 6 heteroatoms. The van der Waals surface area contributed by atoms with E-state index in [0.717, 1.165) is 17.7 Å². The van der Waals surface area contributed by atoms with Crippen molar-refractivity contribution in [3.8, 4) is 5.75 Å². The highest BCUT2D eigenvalue weighted by Crippen LogP contribution is 2.25. The first-order valence-corrected chi connectivity index (χ1v) is 7.13. The minimum Gasteiger partial charge on any atom is -0.495 e. The number of carbonyl (C=O) groups is 1. The van der Waals surface area contributed by atoms with E-state index in [1.54, 1.807) is 6.07 Å². The number of anilines is 2. The Labute approximate surface area is 133 Å². The number of nitrogens with one attached hydrogen (secondary N) is 2. The lowest BCUT2D eigenvalue weighted by Gasteiger charge is -2.11. The third kappa shape index (κ3) is 4.67. The highest BCUT2D eigenvalue weighted by molar-refractivity contribution is 5.92. The highest BCUT2D eigenvalue weighted by atomic mass is 19.2. The molecule has 0 saturated heterocycles. The van der Waals surface area contributed by atoms with Crippen LogP contribution in [0.15, 0.2) is 36.4 Å². The summed E-state index contributed by atoms with van der Waals surface area (Å²) in [5.74, 6) is -1.45. The van der Waals surface area contributed by atoms with Gasteiger partial charge in [0, 0.05) is 18.7 Å². The number of benzene rings is 2. The van der Waals surface area contributed by atoms with E-state index in [-0.39, 0.29) is 12.3 Å². The predicted molar refractivity (Wildman–Crippen MR) is 85.8 cm³/mol. The zero-order valence-corrected chi connectivity index (χ0v) is 13.0. The summed E-state index contributed by atoms with van der Waals surface area (Å²) in [6.07, 6.45) is 0.177. The molecule has 0 aliphatic carbocycles. The van der Waals surface area contributed by atoms with Gasteiger partial charge in [-0.25, -0.2) is 8.78 Å². The molecule has 0 radical (unpaired) electrons. The van der Waals surface area contributed by atoms with Crippen LogP contribution < -0.4 is 15.4 Å². The molecule has 122 valence electrons. The summed E-state index contributed by atoms with van der Waals surface area (Å²) in [5, 5.41) is 5.64. The predicted octanol–water partition coefficient (Wildman–Crippen LogP) is 3.72. The van der Waals surface area contributed by atoms with Crippen molar-refractivity contribution in [2.24, 2.45) is 0 Å². The van der Waals surface area contributed by atoms with Crippen molar-refractivity contribution in [1.82, 2.24) is 0 Å². The third-order valence-electron chi connectivity index (χ3n) is 3.23. The van der Waals surface area contributed by atoms with Crippen molar-refractivity contribution in [3.63, 3.8) is 0 Å². The lowest BCUT2D eigenvalue weighted by Crippen LogP contribution is -2.16. The molecular weight excluding hydrogens is 302 g/mol. The number of rotatable bonds is 6. The first kappa shape index (κ1) is 16.7. The molecule has 1 amide bonds. The van der Waals surface area contributed by atoms with Crippen LogP contribution in [0, 0.1) is 18.6 Å². The largest absolute Gasteiger partial charge is 0.495 e. The van der Waals surface area contributed by atoms with Gasteiger partial charge in [-0.15, -0.1) is 0 Å². The van der Waals surface area contributed by atoms with Crippen LogP contribution in [0.25, 0.3) is 0 Å². The van der Waals surface area contributed by atoms with E-state index in [2.05, 4.69) is 10.6 Å². The van der Waals surface area contributed by atoms with Crippen LogP contribution in [0.2, 0.25) is 0 Å². The Morgan fingerprint density at radius 3 is 2.61 bits per heavy atom. The molecule has 23 heavy (non-hydrogen) atoms. The SMILES string of the molecule is COc1ccc(C)cc1NC(=O)CCNc1ccc(F)c(F)c1. The number of aryl methyl sites for hydroxylation is 1. The van der Waals surface area contributed by atoms with Crippen molar-refractivity contribution >= 4 is 17.3 Å². The first-order valence-electron chi connectivity index (χ1n) is 7.13. The van der Waals surface area contributed by atoms with E-state index in [9.17, 15) is 13.6 Å². The molecule has 0 unspecified atom stereocenters. The Balaban J connectivity index is 1.88. The van der Waals surface area contributed by atoms with Gasteiger partial charge in [0.2, 0.25) is 5.91 Å². The summed E-state index contributed by atoms with van der Waals surface area (Å²) >= 11 is 0. The number of carbonyl (C=O) groups excluding carboxylic acids is 1. The van der Waals surface area contributed by atoms with Crippen LogP contribution in [0.3, 0.4) is 0 Å². The molecule has 0 spiro atoms. The van der Waals surface area contributed by atoms with E-state index in [1.807, 2.05) is 19.1 Å². The lowest BCUT2D eigenvalue weighted by atomic mass is 10.2. The molecule has 0 heterocycles. The van der Waals surface area contributed by atoms with Gasteiger partial charge >= 0.3 is 0 Å². The topological polar surface area (TPSA) is 50.4 Å². The molecule has 2 aromatic rings. The number of hydrogen-bond donors (Lipinski definition) is 2. The maximum atomic E-state index is 13.1. The van der Waals surface area contributed by atoms with E-state index < -0.39 is 11.6 Å². The number of halogens is 2. The van der Waals surface area contributed by atoms with Crippen LogP contribution in [-0.4, -0.2) is 19.6 Å². The monoisotopic (exact) mass is 320 g/mol. The fourth-order valence-electron chi connectivity index (χ4n) is 2.06. The van der Waals surface area contributed by atoms with E-state index in [4.69, 9.17) is 4.74 Å². The molecule has 0 aliphatic heterocycles. The van der Waals surface area contributed by atoms with Crippen LogP contribution >= 0.6 is 0 Å². The molecule has 4 nitrogen and oxygen atoms in total. The summed E-state index contributed by atoms with van der Waals surface area (Å²) in [5.41, 5.74) is 2.02.